The van der Waals surface area contributed by atoms with Gasteiger partial charge in [-0.1, -0.05) is 5.21 Å². The number of carboxylic acid groups (broad SMARTS) is 1. The van der Waals surface area contributed by atoms with Crippen molar-refractivity contribution in [2.45, 2.75) is 23.8 Å². The van der Waals surface area contributed by atoms with E-state index >= 15 is 0 Å². The molecule has 2 aromatic heterocycles. The van der Waals surface area contributed by atoms with Gasteiger partial charge in [0.25, 0.3) is 0 Å². The summed E-state index contributed by atoms with van der Waals surface area (Å²) in [5.74, 6) is -0.739. The van der Waals surface area contributed by atoms with E-state index in [1.165, 1.54) is 17.3 Å². The lowest BCUT2D eigenvalue weighted by molar-refractivity contribution is 0.0878. The highest BCUT2D eigenvalue weighted by molar-refractivity contribution is 7.89. The molecule has 14 heteroatoms. The molecule has 0 radical (unpaired) electrons. The van der Waals surface area contributed by atoms with Gasteiger partial charge >= 0.3 is 6.09 Å². The third-order valence-corrected chi connectivity index (χ3v) is 5.58. The Balaban J connectivity index is 1.62. The standard InChI is InChI=1S/C16H16FN7O5S/c17-11-7-10(30(18,27)28)1-2-12(11)24-14-13(21-22-24)15(20-8-19-14)29-9-3-5-23(6-4-9)16(25)26/h1-2,7-9H,3-6H2,(H,25,26)(H2,18,27,28). The monoisotopic (exact) mass is 437 g/mol. The van der Waals surface area contributed by atoms with Crippen molar-refractivity contribution in [1.29, 1.82) is 0 Å². The van der Waals surface area contributed by atoms with Crippen LogP contribution in [0.1, 0.15) is 12.8 Å². The van der Waals surface area contributed by atoms with Crippen molar-refractivity contribution in [3.05, 3.63) is 30.3 Å². The van der Waals surface area contributed by atoms with Gasteiger partial charge in [0.2, 0.25) is 15.9 Å². The van der Waals surface area contributed by atoms with Gasteiger partial charge in [-0.3, -0.25) is 0 Å². The van der Waals surface area contributed by atoms with Crippen LogP contribution in [-0.2, 0) is 10.0 Å². The lowest BCUT2D eigenvalue weighted by Gasteiger charge is -2.29. The molecule has 3 N–H and O–H groups in total. The Morgan fingerprint density at radius 1 is 1.27 bits per heavy atom. The highest BCUT2D eigenvalue weighted by Crippen LogP contribution is 2.26. The molecule has 0 unspecified atom stereocenters. The number of halogens is 1. The summed E-state index contributed by atoms with van der Waals surface area (Å²) < 4.78 is 44.3. The van der Waals surface area contributed by atoms with Gasteiger partial charge in [-0.15, -0.1) is 5.10 Å². The Bertz CT molecular complexity index is 1220. The molecule has 0 aliphatic carbocycles. The molecule has 1 aliphatic heterocycles. The van der Waals surface area contributed by atoms with Crippen LogP contribution in [-0.4, -0.2) is 68.7 Å². The van der Waals surface area contributed by atoms with E-state index in [0.29, 0.717) is 25.9 Å². The molecular weight excluding hydrogens is 421 g/mol. The summed E-state index contributed by atoms with van der Waals surface area (Å²) in [5, 5.41) is 21.9. The first kappa shape index (κ1) is 19.9. The first-order valence-corrected chi connectivity index (χ1v) is 10.3. The minimum absolute atomic E-state index is 0.0793. The van der Waals surface area contributed by atoms with E-state index in [9.17, 15) is 17.6 Å². The molecule has 3 heterocycles. The first-order valence-electron chi connectivity index (χ1n) is 8.77. The number of fused-ring (bicyclic) bond motifs is 1. The second-order valence-electron chi connectivity index (χ2n) is 6.60. The lowest BCUT2D eigenvalue weighted by atomic mass is 10.1. The minimum Gasteiger partial charge on any atom is -0.472 e. The summed E-state index contributed by atoms with van der Waals surface area (Å²) >= 11 is 0. The summed E-state index contributed by atoms with van der Waals surface area (Å²) in [7, 11) is -4.06. The predicted octanol–water partition coefficient (Wildman–Crippen LogP) is 0.518. The third-order valence-electron chi connectivity index (χ3n) is 4.67. The van der Waals surface area contributed by atoms with Gasteiger partial charge < -0.3 is 14.7 Å². The molecule has 1 aliphatic rings. The van der Waals surface area contributed by atoms with Crippen LogP contribution < -0.4 is 9.88 Å². The van der Waals surface area contributed by atoms with E-state index in [1.807, 2.05) is 0 Å². The molecular formula is C16H16FN7O5S. The number of likely N-dealkylation sites (tertiary alicyclic amines) is 1. The zero-order chi connectivity index (χ0) is 21.5. The number of amides is 1. The molecule has 0 spiro atoms. The van der Waals surface area contributed by atoms with Crippen molar-refractivity contribution in [2.24, 2.45) is 5.14 Å². The van der Waals surface area contributed by atoms with E-state index in [1.54, 1.807) is 0 Å². The van der Waals surface area contributed by atoms with Gasteiger partial charge in [0, 0.05) is 25.9 Å². The zero-order valence-electron chi connectivity index (χ0n) is 15.3. The van der Waals surface area contributed by atoms with Crippen LogP contribution >= 0.6 is 0 Å². The maximum Gasteiger partial charge on any atom is 0.407 e. The van der Waals surface area contributed by atoms with E-state index < -0.39 is 21.9 Å². The van der Waals surface area contributed by atoms with E-state index in [0.717, 1.165) is 16.8 Å². The third kappa shape index (κ3) is 3.73. The van der Waals surface area contributed by atoms with Crippen molar-refractivity contribution >= 4 is 27.3 Å². The predicted molar refractivity (Wildman–Crippen MR) is 99.0 cm³/mol. The molecule has 1 saturated heterocycles. The van der Waals surface area contributed by atoms with Gasteiger partial charge in [0.05, 0.1) is 4.90 Å². The smallest absolute Gasteiger partial charge is 0.407 e. The topological polar surface area (TPSA) is 166 Å². The average molecular weight is 437 g/mol. The number of rotatable bonds is 4. The largest absolute Gasteiger partial charge is 0.472 e. The van der Waals surface area contributed by atoms with Gasteiger partial charge in [-0.2, -0.15) is 9.67 Å². The average Bonchev–Trinajstić information content (AvgIpc) is 3.12. The number of ether oxygens (including phenoxy) is 1. The molecule has 12 nitrogen and oxygen atoms in total. The number of piperidine rings is 1. The highest BCUT2D eigenvalue weighted by atomic mass is 32.2. The lowest BCUT2D eigenvalue weighted by Crippen LogP contribution is -2.41. The zero-order valence-corrected chi connectivity index (χ0v) is 16.2. The highest BCUT2D eigenvalue weighted by Gasteiger charge is 2.25. The summed E-state index contributed by atoms with van der Waals surface area (Å²) in [6.45, 7) is 0.672. The van der Waals surface area contributed by atoms with Crippen molar-refractivity contribution in [1.82, 2.24) is 29.9 Å². The quantitative estimate of drug-likeness (QED) is 0.591. The molecule has 0 bridgehead atoms. The number of nitrogens with two attached hydrogens (primary N) is 1. The maximum atomic E-state index is 14.5. The fourth-order valence-electron chi connectivity index (χ4n) is 3.14. The summed E-state index contributed by atoms with van der Waals surface area (Å²) in [6, 6.07) is 3.14. The van der Waals surface area contributed by atoms with Gasteiger partial charge in [0.15, 0.2) is 11.2 Å². The van der Waals surface area contributed by atoms with Crippen LogP contribution in [0.25, 0.3) is 16.9 Å². The number of primary sulfonamides is 1. The Labute approximate surface area is 169 Å². The number of benzene rings is 1. The Morgan fingerprint density at radius 2 is 2.00 bits per heavy atom. The Morgan fingerprint density at radius 3 is 2.63 bits per heavy atom. The number of sulfonamides is 1. The molecule has 158 valence electrons. The second kappa shape index (κ2) is 7.46. The normalized spacial score (nSPS) is 15.5. The number of aromatic nitrogens is 5. The molecule has 1 amide bonds. The van der Waals surface area contributed by atoms with Crippen LogP contribution in [0.5, 0.6) is 5.88 Å². The second-order valence-corrected chi connectivity index (χ2v) is 8.16. The van der Waals surface area contributed by atoms with Crippen LogP contribution in [0.4, 0.5) is 9.18 Å². The number of nitrogens with zero attached hydrogens (tertiary/aromatic N) is 6. The molecule has 0 saturated carbocycles. The maximum absolute atomic E-state index is 14.5. The molecule has 3 aromatic rings. The SMILES string of the molecule is NS(=O)(=O)c1ccc(-n2nnc3c(OC4CCN(C(=O)O)CC4)ncnc32)c(F)c1. The van der Waals surface area contributed by atoms with Gasteiger partial charge in [-0.05, 0) is 18.2 Å². The van der Waals surface area contributed by atoms with Crippen molar-refractivity contribution < 1.29 is 27.4 Å². The van der Waals surface area contributed by atoms with Crippen LogP contribution in [0.15, 0.2) is 29.4 Å². The van der Waals surface area contributed by atoms with E-state index in [4.69, 9.17) is 15.0 Å². The fourth-order valence-corrected chi connectivity index (χ4v) is 3.66. The molecule has 0 atom stereocenters. The molecule has 30 heavy (non-hydrogen) atoms. The fraction of sp³-hybridized carbons (Fsp3) is 0.312. The summed E-state index contributed by atoms with van der Waals surface area (Å²) in [4.78, 5) is 20.1. The molecule has 1 aromatic carbocycles. The van der Waals surface area contributed by atoms with Crippen molar-refractivity contribution in [2.75, 3.05) is 13.1 Å². The Kier molecular flexibility index (Phi) is 4.95. The van der Waals surface area contributed by atoms with Crippen molar-refractivity contribution in [3.63, 3.8) is 0 Å². The molecule has 1 fully saturated rings. The summed E-state index contributed by atoms with van der Waals surface area (Å²) in [6.07, 6.45) is 0.928. The van der Waals surface area contributed by atoms with E-state index in [2.05, 4.69) is 20.3 Å². The van der Waals surface area contributed by atoms with Gasteiger partial charge in [-0.25, -0.2) is 27.7 Å². The van der Waals surface area contributed by atoms with Crippen molar-refractivity contribution in [3.8, 4) is 11.6 Å². The summed E-state index contributed by atoms with van der Waals surface area (Å²) in [5.41, 5.74) is 0.266. The van der Waals surface area contributed by atoms with Crippen LogP contribution in [0, 0.1) is 5.82 Å². The minimum atomic E-state index is -4.06. The number of hydrogen-bond donors (Lipinski definition) is 2. The molecule has 4 rings (SSSR count). The number of carbonyl (C=O) groups is 1. The Hall–Kier alpha value is -3.39. The van der Waals surface area contributed by atoms with E-state index in [-0.39, 0.29) is 33.7 Å². The first-order chi connectivity index (χ1) is 14.2. The van der Waals surface area contributed by atoms with Gasteiger partial charge in [0.1, 0.15) is 23.9 Å². The number of hydrogen-bond acceptors (Lipinski definition) is 8. The van der Waals surface area contributed by atoms with Crippen LogP contribution in [0.2, 0.25) is 0 Å². The van der Waals surface area contributed by atoms with Crippen LogP contribution in [0.3, 0.4) is 0 Å².